The SMILES string of the molecule is CCN(CC)CC#C[C@@H](C)OC(=O)c1cc(C(C)=O)cn1C. The zero-order valence-corrected chi connectivity index (χ0v) is 14.0. The van der Waals surface area contributed by atoms with Crippen molar-refractivity contribution in [2.75, 3.05) is 19.6 Å². The number of ether oxygens (including phenoxy) is 1. The van der Waals surface area contributed by atoms with Crippen molar-refractivity contribution in [3.05, 3.63) is 23.5 Å². The first-order valence-electron chi connectivity index (χ1n) is 7.48. The molecular weight excluding hydrogens is 280 g/mol. The molecule has 5 nitrogen and oxygen atoms in total. The van der Waals surface area contributed by atoms with Gasteiger partial charge in [0.15, 0.2) is 11.9 Å². The van der Waals surface area contributed by atoms with Crippen molar-refractivity contribution in [1.29, 1.82) is 0 Å². The molecule has 1 aromatic rings. The maximum Gasteiger partial charge on any atom is 0.356 e. The first kappa shape index (κ1) is 18.0. The van der Waals surface area contributed by atoms with Crippen LogP contribution >= 0.6 is 0 Å². The number of hydrogen-bond donors (Lipinski definition) is 0. The smallest absolute Gasteiger partial charge is 0.356 e. The number of carbonyl (C=O) groups is 2. The highest BCUT2D eigenvalue weighted by molar-refractivity contribution is 5.97. The van der Waals surface area contributed by atoms with Gasteiger partial charge < -0.3 is 9.30 Å². The lowest BCUT2D eigenvalue weighted by molar-refractivity contribution is 0.0427. The maximum atomic E-state index is 12.1. The fourth-order valence-electron chi connectivity index (χ4n) is 1.96. The van der Waals surface area contributed by atoms with E-state index in [0.29, 0.717) is 17.8 Å². The van der Waals surface area contributed by atoms with E-state index in [0.717, 1.165) is 13.1 Å². The fourth-order valence-corrected chi connectivity index (χ4v) is 1.96. The van der Waals surface area contributed by atoms with Gasteiger partial charge in [-0.2, -0.15) is 0 Å². The average Bonchev–Trinajstić information content (AvgIpc) is 2.86. The minimum Gasteiger partial charge on any atom is -0.445 e. The zero-order valence-electron chi connectivity index (χ0n) is 14.0. The molecule has 0 aliphatic carbocycles. The van der Waals surface area contributed by atoms with E-state index in [1.54, 1.807) is 30.8 Å². The first-order chi connectivity index (χ1) is 10.4. The van der Waals surface area contributed by atoms with Crippen molar-refractivity contribution in [3.63, 3.8) is 0 Å². The molecule has 1 aromatic heterocycles. The van der Waals surface area contributed by atoms with Gasteiger partial charge in [0.1, 0.15) is 5.69 Å². The van der Waals surface area contributed by atoms with E-state index in [-0.39, 0.29) is 5.78 Å². The summed E-state index contributed by atoms with van der Waals surface area (Å²) >= 11 is 0. The van der Waals surface area contributed by atoms with Crippen LogP contribution in [-0.2, 0) is 11.8 Å². The third-order valence-electron chi connectivity index (χ3n) is 3.41. The number of aryl methyl sites for hydroxylation is 1. The lowest BCUT2D eigenvalue weighted by Gasteiger charge is -2.13. The van der Waals surface area contributed by atoms with E-state index in [1.807, 2.05) is 0 Å². The van der Waals surface area contributed by atoms with Gasteiger partial charge >= 0.3 is 5.97 Å². The van der Waals surface area contributed by atoms with Crippen LogP contribution in [0.3, 0.4) is 0 Å². The van der Waals surface area contributed by atoms with E-state index in [4.69, 9.17) is 4.74 Å². The normalized spacial score (nSPS) is 11.7. The summed E-state index contributed by atoms with van der Waals surface area (Å²) in [7, 11) is 1.71. The second kappa shape index (κ2) is 8.40. The number of esters is 1. The number of nitrogens with zero attached hydrogens (tertiary/aromatic N) is 2. The van der Waals surface area contributed by atoms with E-state index in [9.17, 15) is 9.59 Å². The number of ketones is 1. The van der Waals surface area contributed by atoms with Gasteiger partial charge in [-0.25, -0.2) is 4.79 Å². The molecule has 0 fully saturated rings. The molecule has 1 heterocycles. The molecule has 0 unspecified atom stereocenters. The standard InChI is InChI=1S/C17H24N2O3/c1-6-19(7-2)10-8-9-13(3)22-17(21)16-11-15(14(4)20)12-18(16)5/h11-13H,6-7,10H2,1-5H3/t13-/m1/s1. The summed E-state index contributed by atoms with van der Waals surface area (Å²) in [5.74, 6) is 5.39. The molecule has 0 spiro atoms. The second-order valence-corrected chi connectivity index (χ2v) is 5.11. The molecule has 120 valence electrons. The Hall–Kier alpha value is -2.06. The largest absolute Gasteiger partial charge is 0.445 e. The Bertz CT molecular complexity index is 589. The molecule has 5 heteroatoms. The molecule has 0 aliphatic heterocycles. The molecule has 0 radical (unpaired) electrons. The third-order valence-corrected chi connectivity index (χ3v) is 3.41. The van der Waals surface area contributed by atoms with Gasteiger partial charge in [-0.3, -0.25) is 9.69 Å². The Labute approximate surface area is 132 Å². The third kappa shape index (κ3) is 5.05. The summed E-state index contributed by atoms with van der Waals surface area (Å²) in [5, 5.41) is 0. The Morgan fingerprint density at radius 2 is 2.00 bits per heavy atom. The lowest BCUT2D eigenvalue weighted by Crippen LogP contribution is -2.23. The van der Waals surface area contributed by atoms with Crippen LogP contribution in [-0.4, -0.2) is 47.0 Å². The number of aromatic nitrogens is 1. The van der Waals surface area contributed by atoms with Gasteiger partial charge in [0, 0.05) is 18.8 Å². The number of carbonyl (C=O) groups excluding carboxylic acids is 2. The van der Waals surface area contributed by atoms with Crippen LogP contribution in [0.5, 0.6) is 0 Å². The topological polar surface area (TPSA) is 51.5 Å². The van der Waals surface area contributed by atoms with Crippen LogP contribution in [0, 0.1) is 11.8 Å². The Balaban J connectivity index is 2.65. The van der Waals surface area contributed by atoms with Gasteiger partial charge in [0.25, 0.3) is 0 Å². The van der Waals surface area contributed by atoms with Crippen molar-refractivity contribution >= 4 is 11.8 Å². The van der Waals surface area contributed by atoms with E-state index < -0.39 is 12.1 Å². The van der Waals surface area contributed by atoms with E-state index in [2.05, 4.69) is 30.6 Å². The Morgan fingerprint density at radius 1 is 1.36 bits per heavy atom. The first-order valence-corrected chi connectivity index (χ1v) is 7.48. The van der Waals surface area contributed by atoms with Crippen LogP contribution in [0.15, 0.2) is 12.3 Å². The summed E-state index contributed by atoms with van der Waals surface area (Å²) in [6.45, 7) is 9.90. The van der Waals surface area contributed by atoms with Gasteiger partial charge in [0.05, 0.1) is 6.54 Å². The Kier molecular flexibility index (Phi) is 6.87. The molecule has 22 heavy (non-hydrogen) atoms. The van der Waals surface area contributed by atoms with Gasteiger partial charge in [0.2, 0.25) is 0 Å². The number of hydrogen-bond acceptors (Lipinski definition) is 4. The minimum absolute atomic E-state index is 0.0817. The quantitative estimate of drug-likeness (QED) is 0.459. The highest BCUT2D eigenvalue weighted by Crippen LogP contribution is 2.10. The van der Waals surface area contributed by atoms with Crippen LogP contribution in [0.25, 0.3) is 0 Å². The van der Waals surface area contributed by atoms with Crippen LogP contribution in [0.2, 0.25) is 0 Å². The van der Waals surface area contributed by atoms with Crippen molar-refractivity contribution in [1.82, 2.24) is 9.47 Å². The molecular formula is C17H24N2O3. The van der Waals surface area contributed by atoms with Crippen molar-refractivity contribution in [3.8, 4) is 11.8 Å². The van der Waals surface area contributed by atoms with Gasteiger partial charge in [-0.1, -0.05) is 25.7 Å². The highest BCUT2D eigenvalue weighted by atomic mass is 16.5. The molecule has 0 aliphatic rings. The molecule has 1 atom stereocenters. The van der Waals surface area contributed by atoms with Crippen LogP contribution in [0.4, 0.5) is 0 Å². The van der Waals surface area contributed by atoms with E-state index in [1.165, 1.54) is 6.92 Å². The summed E-state index contributed by atoms with van der Waals surface area (Å²) < 4.78 is 6.89. The molecule has 0 saturated carbocycles. The van der Waals surface area contributed by atoms with Crippen molar-refractivity contribution in [2.24, 2.45) is 7.05 Å². The average molecular weight is 304 g/mol. The van der Waals surface area contributed by atoms with Crippen LogP contribution in [0.1, 0.15) is 48.5 Å². The van der Waals surface area contributed by atoms with Gasteiger partial charge in [-0.05, 0) is 33.0 Å². The molecule has 0 amide bonds. The predicted molar refractivity (Wildman–Crippen MR) is 85.9 cm³/mol. The zero-order chi connectivity index (χ0) is 16.7. The van der Waals surface area contributed by atoms with Gasteiger partial charge in [-0.15, -0.1) is 0 Å². The van der Waals surface area contributed by atoms with Crippen LogP contribution < -0.4 is 0 Å². The second-order valence-electron chi connectivity index (χ2n) is 5.11. The van der Waals surface area contributed by atoms with E-state index >= 15 is 0 Å². The molecule has 1 rings (SSSR count). The summed E-state index contributed by atoms with van der Waals surface area (Å²) in [5.41, 5.74) is 0.845. The summed E-state index contributed by atoms with van der Waals surface area (Å²) in [4.78, 5) is 25.6. The van der Waals surface area contributed by atoms with Crippen molar-refractivity contribution in [2.45, 2.75) is 33.8 Å². The minimum atomic E-state index is -0.487. The monoisotopic (exact) mass is 304 g/mol. The number of Topliss-reactive ketones (excluding diaryl/α,β-unsaturated/α-hetero) is 1. The maximum absolute atomic E-state index is 12.1. The molecule has 0 bridgehead atoms. The Morgan fingerprint density at radius 3 is 2.50 bits per heavy atom. The summed E-state index contributed by atoms with van der Waals surface area (Å²) in [6, 6.07) is 1.54. The van der Waals surface area contributed by atoms with Crippen molar-refractivity contribution < 1.29 is 14.3 Å². The lowest BCUT2D eigenvalue weighted by atomic mass is 10.2. The summed E-state index contributed by atoms with van der Waals surface area (Å²) in [6.07, 6.45) is 1.13. The molecule has 0 aromatic carbocycles. The number of rotatable bonds is 6. The fraction of sp³-hybridized carbons (Fsp3) is 0.529. The predicted octanol–water partition coefficient (Wildman–Crippen LogP) is 2.12. The molecule has 0 N–H and O–H groups in total. The highest BCUT2D eigenvalue weighted by Gasteiger charge is 2.16. The molecule has 0 saturated heterocycles.